The van der Waals surface area contributed by atoms with Crippen molar-refractivity contribution in [3.8, 4) is 6.07 Å². The minimum absolute atomic E-state index is 0.0514. The SMILES string of the molecule is CC1CCC(C#N)C(N2CCOCC2C(=O)NC2CC2)C1. The van der Waals surface area contributed by atoms with E-state index in [1.165, 1.54) is 0 Å². The lowest BCUT2D eigenvalue weighted by Crippen LogP contribution is -2.59. The average molecular weight is 291 g/mol. The first-order chi connectivity index (χ1) is 10.2. The van der Waals surface area contributed by atoms with Crippen molar-refractivity contribution in [1.82, 2.24) is 10.2 Å². The lowest BCUT2D eigenvalue weighted by atomic mass is 9.78. The van der Waals surface area contributed by atoms with Crippen molar-refractivity contribution in [3.05, 3.63) is 0 Å². The minimum Gasteiger partial charge on any atom is -0.378 e. The number of nitriles is 1. The Kier molecular flexibility index (Phi) is 4.46. The van der Waals surface area contributed by atoms with Gasteiger partial charge >= 0.3 is 0 Å². The highest BCUT2D eigenvalue weighted by Crippen LogP contribution is 2.33. The molecule has 5 nitrogen and oxygen atoms in total. The zero-order chi connectivity index (χ0) is 14.8. The summed E-state index contributed by atoms with van der Waals surface area (Å²) in [6.07, 6.45) is 5.29. The molecule has 2 aliphatic carbocycles. The van der Waals surface area contributed by atoms with Crippen LogP contribution < -0.4 is 5.32 Å². The molecule has 1 N–H and O–H groups in total. The van der Waals surface area contributed by atoms with Crippen molar-refractivity contribution in [3.63, 3.8) is 0 Å². The van der Waals surface area contributed by atoms with Crippen molar-refractivity contribution in [2.75, 3.05) is 19.8 Å². The van der Waals surface area contributed by atoms with Gasteiger partial charge in [-0.2, -0.15) is 5.26 Å². The molecule has 1 heterocycles. The maximum Gasteiger partial charge on any atom is 0.239 e. The lowest BCUT2D eigenvalue weighted by molar-refractivity contribution is -0.136. The fourth-order valence-electron chi connectivity index (χ4n) is 3.63. The number of hydrogen-bond acceptors (Lipinski definition) is 4. The third-order valence-corrected chi connectivity index (χ3v) is 5.07. The van der Waals surface area contributed by atoms with Crippen LogP contribution in [0.15, 0.2) is 0 Å². The fraction of sp³-hybridized carbons (Fsp3) is 0.875. The van der Waals surface area contributed by atoms with Crippen molar-refractivity contribution >= 4 is 5.91 Å². The molecule has 3 rings (SSSR count). The van der Waals surface area contributed by atoms with E-state index < -0.39 is 0 Å². The molecule has 0 aromatic heterocycles. The number of carbonyl (C=O) groups is 1. The van der Waals surface area contributed by atoms with Crippen LogP contribution in [0.1, 0.15) is 39.0 Å². The van der Waals surface area contributed by atoms with E-state index in [0.717, 1.165) is 38.6 Å². The summed E-state index contributed by atoms with van der Waals surface area (Å²) in [5, 5.41) is 12.5. The summed E-state index contributed by atoms with van der Waals surface area (Å²) in [4.78, 5) is 14.7. The highest BCUT2D eigenvalue weighted by atomic mass is 16.5. The molecule has 5 heteroatoms. The van der Waals surface area contributed by atoms with Crippen molar-refractivity contribution in [2.24, 2.45) is 11.8 Å². The van der Waals surface area contributed by atoms with Gasteiger partial charge in [0, 0.05) is 18.6 Å². The normalized spacial score (nSPS) is 37.7. The molecule has 2 saturated carbocycles. The van der Waals surface area contributed by atoms with Crippen LogP contribution in [0, 0.1) is 23.2 Å². The predicted molar refractivity (Wildman–Crippen MR) is 78.4 cm³/mol. The van der Waals surface area contributed by atoms with Gasteiger partial charge in [0.2, 0.25) is 5.91 Å². The second-order valence-electron chi connectivity index (χ2n) is 6.83. The van der Waals surface area contributed by atoms with E-state index >= 15 is 0 Å². The molecule has 0 aromatic rings. The van der Waals surface area contributed by atoms with Gasteiger partial charge in [0.1, 0.15) is 6.04 Å². The maximum absolute atomic E-state index is 12.5. The third-order valence-electron chi connectivity index (χ3n) is 5.07. The number of carbonyl (C=O) groups excluding carboxylic acids is 1. The number of ether oxygens (including phenoxy) is 1. The third kappa shape index (κ3) is 3.38. The van der Waals surface area contributed by atoms with Gasteiger partial charge in [-0.25, -0.2) is 0 Å². The van der Waals surface area contributed by atoms with E-state index in [1.54, 1.807) is 0 Å². The van der Waals surface area contributed by atoms with Crippen molar-refractivity contribution in [2.45, 2.75) is 57.2 Å². The molecule has 1 amide bonds. The smallest absolute Gasteiger partial charge is 0.239 e. The predicted octanol–water partition coefficient (Wildman–Crippen LogP) is 1.29. The first kappa shape index (κ1) is 14.8. The van der Waals surface area contributed by atoms with E-state index in [4.69, 9.17) is 4.74 Å². The summed E-state index contributed by atoms with van der Waals surface area (Å²) in [7, 11) is 0. The summed E-state index contributed by atoms with van der Waals surface area (Å²) in [6, 6.07) is 2.83. The molecule has 4 atom stereocenters. The highest BCUT2D eigenvalue weighted by molar-refractivity contribution is 5.82. The highest BCUT2D eigenvalue weighted by Gasteiger charge is 2.41. The summed E-state index contributed by atoms with van der Waals surface area (Å²) >= 11 is 0. The van der Waals surface area contributed by atoms with Crippen LogP contribution in [0.3, 0.4) is 0 Å². The molecule has 21 heavy (non-hydrogen) atoms. The van der Waals surface area contributed by atoms with E-state index in [2.05, 4.69) is 23.2 Å². The summed E-state index contributed by atoms with van der Waals surface area (Å²) in [5.74, 6) is 0.775. The van der Waals surface area contributed by atoms with Gasteiger partial charge in [0.15, 0.2) is 0 Å². The number of morpholine rings is 1. The molecule has 0 bridgehead atoms. The molecule has 0 aromatic carbocycles. The number of rotatable bonds is 3. The maximum atomic E-state index is 12.5. The zero-order valence-electron chi connectivity index (χ0n) is 12.8. The molecule has 0 radical (unpaired) electrons. The molecule has 4 unspecified atom stereocenters. The second kappa shape index (κ2) is 6.33. The van der Waals surface area contributed by atoms with E-state index in [9.17, 15) is 10.1 Å². The number of amides is 1. The van der Waals surface area contributed by atoms with Gasteiger partial charge in [-0.3, -0.25) is 9.69 Å². The Labute approximate surface area is 126 Å². The largest absolute Gasteiger partial charge is 0.378 e. The van der Waals surface area contributed by atoms with Gasteiger partial charge in [-0.1, -0.05) is 6.92 Å². The van der Waals surface area contributed by atoms with E-state index in [-0.39, 0.29) is 23.9 Å². The molecular formula is C16H25N3O2. The minimum atomic E-state index is -0.217. The Bertz CT molecular complexity index is 430. The average Bonchev–Trinajstić information content (AvgIpc) is 3.31. The number of nitrogens with zero attached hydrogens (tertiary/aromatic N) is 2. The Morgan fingerprint density at radius 2 is 2.14 bits per heavy atom. The van der Waals surface area contributed by atoms with Gasteiger partial charge < -0.3 is 10.1 Å². The topological polar surface area (TPSA) is 65.4 Å². The Balaban J connectivity index is 1.72. The number of nitrogens with one attached hydrogen (secondary N) is 1. The van der Waals surface area contributed by atoms with Gasteiger partial charge in [0.25, 0.3) is 0 Å². The first-order valence-corrected chi connectivity index (χ1v) is 8.22. The van der Waals surface area contributed by atoms with Gasteiger partial charge in [0.05, 0.1) is 25.2 Å². The molecule has 1 saturated heterocycles. The first-order valence-electron chi connectivity index (χ1n) is 8.22. The lowest BCUT2D eigenvalue weighted by Gasteiger charge is -2.44. The van der Waals surface area contributed by atoms with Crippen LogP contribution in [0.25, 0.3) is 0 Å². The summed E-state index contributed by atoms with van der Waals surface area (Å²) < 4.78 is 5.54. The van der Waals surface area contributed by atoms with E-state index in [0.29, 0.717) is 25.2 Å². The van der Waals surface area contributed by atoms with Crippen LogP contribution >= 0.6 is 0 Å². The van der Waals surface area contributed by atoms with Crippen LogP contribution in [0.2, 0.25) is 0 Å². The number of hydrogen-bond donors (Lipinski definition) is 1. The Morgan fingerprint density at radius 1 is 1.33 bits per heavy atom. The van der Waals surface area contributed by atoms with Crippen LogP contribution in [-0.4, -0.2) is 48.7 Å². The van der Waals surface area contributed by atoms with Crippen LogP contribution in [0.5, 0.6) is 0 Å². The van der Waals surface area contributed by atoms with Crippen LogP contribution in [-0.2, 0) is 9.53 Å². The monoisotopic (exact) mass is 291 g/mol. The zero-order valence-corrected chi connectivity index (χ0v) is 12.8. The van der Waals surface area contributed by atoms with Crippen molar-refractivity contribution < 1.29 is 9.53 Å². The Morgan fingerprint density at radius 3 is 2.86 bits per heavy atom. The molecule has 1 aliphatic heterocycles. The molecule has 0 spiro atoms. The van der Waals surface area contributed by atoms with Gasteiger partial charge in [-0.15, -0.1) is 0 Å². The molecule has 116 valence electrons. The summed E-state index contributed by atoms with van der Waals surface area (Å²) in [5.41, 5.74) is 0. The fourth-order valence-corrected chi connectivity index (χ4v) is 3.63. The molecule has 3 fully saturated rings. The molecule has 3 aliphatic rings. The van der Waals surface area contributed by atoms with Gasteiger partial charge in [-0.05, 0) is 38.0 Å². The van der Waals surface area contributed by atoms with Crippen molar-refractivity contribution in [1.29, 1.82) is 5.26 Å². The molecular weight excluding hydrogens is 266 g/mol. The summed E-state index contributed by atoms with van der Waals surface area (Å²) in [6.45, 7) is 4.14. The van der Waals surface area contributed by atoms with Crippen LogP contribution in [0.4, 0.5) is 0 Å². The quantitative estimate of drug-likeness (QED) is 0.851. The van der Waals surface area contributed by atoms with E-state index in [1.807, 2.05) is 0 Å². The standard InChI is InChI=1S/C16H25N3O2/c1-11-2-3-12(9-17)14(8-11)19-6-7-21-10-15(19)16(20)18-13-4-5-13/h11-15H,2-8,10H2,1H3,(H,18,20). The Hall–Kier alpha value is -1.12. The second-order valence-corrected chi connectivity index (χ2v) is 6.83.